The molecule has 1 aromatic rings. The van der Waals surface area contributed by atoms with E-state index in [-0.39, 0.29) is 6.04 Å². The second-order valence-electron chi connectivity index (χ2n) is 4.09. The Hall–Kier alpha value is -1.22. The smallest absolute Gasteiger partial charge is 0.129 e. The maximum atomic E-state index is 13.4. The highest BCUT2D eigenvalue weighted by Gasteiger charge is 2.11. The van der Waals surface area contributed by atoms with E-state index < -0.39 is 11.6 Å². The highest BCUT2D eigenvalue weighted by atomic mass is 19.1. The van der Waals surface area contributed by atoms with Crippen LogP contribution in [0.3, 0.4) is 0 Å². The second-order valence-corrected chi connectivity index (χ2v) is 4.09. The molecule has 1 rings (SSSR count). The molecule has 0 aromatic heterocycles. The molecule has 1 atom stereocenters. The third kappa shape index (κ3) is 3.74. The largest absolute Gasteiger partial charge is 0.316 e. The lowest BCUT2D eigenvalue weighted by molar-refractivity contribution is 0.523. The molecule has 0 spiro atoms. The van der Waals surface area contributed by atoms with Crippen molar-refractivity contribution in [3.63, 3.8) is 0 Å². The fraction of sp³-hybridized carbons (Fsp3) is 0.385. The zero-order valence-corrected chi connectivity index (χ0v) is 9.69. The molecule has 1 nitrogen and oxygen atoms in total. The molecule has 0 bridgehead atoms. The predicted molar refractivity (Wildman–Crippen MR) is 62.3 cm³/mol. The van der Waals surface area contributed by atoms with Crippen molar-refractivity contribution in [3.05, 3.63) is 47.5 Å². The van der Waals surface area contributed by atoms with Crippen molar-refractivity contribution < 1.29 is 8.78 Å². The van der Waals surface area contributed by atoms with E-state index in [9.17, 15) is 8.78 Å². The molecule has 0 fully saturated rings. The zero-order chi connectivity index (χ0) is 12.1. The van der Waals surface area contributed by atoms with Crippen LogP contribution in [0.25, 0.3) is 0 Å². The summed E-state index contributed by atoms with van der Waals surface area (Å²) in [5.74, 6) is -1.02. The Bertz CT molecular complexity index is 374. The molecular formula is C13H17F2N. The van der Waals surface area contributed by atoms with Gasteiger partial charge in [-0.25, -0.2) is 8.78 Å². The van der Waals surface area contributed by atoms with Crippen LogP contribution in [0.2, 0.25) is 0 Å². The van der Waals surface area contributed by atoms with Crippen LogP contribution in [-0.2, 0) is 6.42 Å². The second kappa shape index (κ2) is 5.75. The normalized spacial score (nSPS) is 12.5. The highest BCUT2D eigenvalue weighted by Crippen LogP contribution is 2.14. The summed E-state index contributed by atoms with van der Waals surface area (Å²) in [6.45, 7) is 5.76. The lowest BCUT2D eigenvalue weighted by Gasteiger charge is -2.16. The van der Waals surface area contributed by atoms with Gasteiger partial charge in [0.15, 0.2) is 0 Å². The lowest BCUT2D eigenvalue weighted by Crippen LogP contribution is -2.28. The van der Waals surface area contributed by atoms with Crippen molar-refractivity contribution in [1.82, 2.24) is 5.32 Å². The molecule has 88 valence electrons. The summed E-state index contributed by atoms with van der Waals surface area (Å²) in [6.07, 6.45) is 1.32. The highest BCUT2D eigenvalue weighted by molar-refractivity contribution is 5.20. The van der Waals surface area contributed by atoms with Crippen LogP contribution in [0.15, 0.2) is 30.4 Å². The molecule has 0 aliphatic rings. The molecule has 0 aliphatic heterocycles. The van der Waals surface area contributed by atoms with Gasteiger partial charge in [0.25, 0.3) is 0 Å². The lowest BCUT2D eigenvalue weighted by atomic mass is 10.00. The summed E-state index contributed by atoms with van der Waals surface area (Å²) >= 11 is 0. The van der Waals surface area contributed by atoms with Gasteiger partial charge in [-0.3, -0.25) is 0 Å². The molecular weight excluding hydrogens is 208 g/mol. The van der Waals surface area contributed by atoms with Gasteiger partial charge in [-0.15, -0.1) is 6.58 Å². The summed E-state index contributed by atoms with van der Waals surface area (Å²) in [7, 11) is 1.83. The molecule has 0 aliphatic carbocycles. The van der Waals surface area contributed by atoms with Crippen molar-refractivity contribution in [1.29, 1.82) is 0 Å². The Labute approximate surface area is 95.2 Å². The number of nitrogens with one attached hydrogen (secondary N) is 1. The average Bonchev–Trinajstić information content (AvgIpc) is 2.20. The number of likely N-dealkylation sites (N-methyl/N-ethyl adjacent to an activating group) is 1. The summed E-state index contributed by atoms with van der Waals surface area (Å²) < 4.78 is 26.1. The Morgan fingerprint density at radius 2 is 2.12 bits per heavy atom. The molecule has 0 radical (unpaired) electrons. The quantitative estimate of drug-likeness (QED) is 0.759. The molecule has 1 unspecified atom stereocenters. The molecule has 16 heavy (non-hydrogen) atoms. The van der Waals surface area contributed by atoms with Crippen LogP contribution < -0.4 is 5.32 Å². The van der Waals surface area contributed by atoms with Crippen LogP contribution in [0.1, 0.15) is 18.9 Å². The van der Waals surface area contributed by atoms with Crippen LogP contribution in [0, 0.1) is 11.6 Å². The molecule has 3 heteroatoms. The Morgan fingerprint density at radius 1 is 1.44 bits per heavy atom. The molecule has 1 aromatic carbocycles. The van der Waals surface area contributed by atoms with Gasteiger partial charge in [-0.2, -0.15) is 0 Å². The van der Waals surface area contributed by atoms with Crippen LogP contribution >= 0.6 is 0 Å². The first kappa shape index (κ1) is 12.8. The van der Waals surface area contributed by atoms with Gasteiger partial charge in [-0.05, 0) is 38.4 Å². The van der Waals surface area contributed by atoms with E-state index >= 15 is 0 Å². The minimum atomic E-state index is -0.540. The molecule has 0 amide bonds. The van der Waals surface area contributed by atoms with Crippen molar-refractivity contribution in [3.8, 4) is 0 Å². The first-order chi connectivity index (χ1) is 7.52. The molecule has 1 N–H and O–H groups in total. The molecule has 0 saturated carbocycles. The van der Waals surface area contributed by atoms with Gasteiger partial charge in [0.05, 0.1) is 0 Å². The minimum absolute atomic E-state index is 0.137. The summed E-state index contributed by atoms with van der Waals surface area (Å²) in [5.41, 5.74) is 1.57. The van der Waals surface area contributed by atoms with E-state index in [0.717, 1.165) is 18.1 Å². The van der Waals surface area contributed by atoms with Gasteiger partial charge in [-0.1, -0.05) is 11.6 Å². The van der Waals surface area contributed by atoms with Crippen molar-refractivity contribution in [2.24, 2.45) is 0 Å². The zero-order valence-electron chi connectivity index (χ0n) is 9.69. The summed E-state index contributed by atoms with van der Waals surface area (Å²) in [5, 5.41) is 3.10. The van der Waals surface area contributed by atoms with E-state index in [1.807, 2.05) is 14.0 Å². The number of benzene rings is 1. The van der Waals surface area contributed by atoms with Crippen molar-refractivity contribution in [2.75, 3.05) is 7.05 Å². The number of halogens is 2. The van der Waals surface area contributed by atoms with Gasteiger partial charge < -0.3 is 5.32 Å². The fourth-order valence-electron chi connectivity index (χ4n) is 1.65. The van der Waals surface area contributed by atoms with Crippen LogP contribution in [0.5, 0.6) is 0 Å². The topological polar surface area (TPSA) is 12.0 Å². The minimum Gasteiger partial charge on any atom is -0.316 e. The first-order valence-corrected chi connectivity index (χ1v) is 5.28. The maximum absolute atomic E-state index is 13.4. The average molecular weight is 225 g/mol. The number of rotatable bonds is 5. The van der Waals surface area contributed by atoms with Gasteiger partial charge in [0.1, 0.15) is 11.6 Å². The number of hydrogen-bond acceptors (Lipinski definition) is 1. The van der Waals surface area contributed by atoms with Crippen molar-refractivity contribution in [2.45, 2.75) is 25.8 Å². The van der Waals surface area contributed by atoms with E-state index in [0.29, 0.717) is 12.0 Å². The van der Waals surface area contributed by atoms with Crippen LogP contribution in [0.4, 0.5) is 8.78 Å². The fourth-order valence-corrected chi connectivity index (χ4v) is 1.65. The Kier molecular flexibility index (Phi) is 4.62. The standard InChI is InChI=1S/C13H17F2N/c1-9(2)6-12(16-3)7-10-4-5-11(14)8-13(10)15/h4-5,8,12,16H,1,6-7H2,2-3H3. The van der Waals surface area contributed by atoms with Gasteiger partial charge in [0.2, 0.25) is 0 Å². The Morgan fingerprint density at radius 3 is 2.62 bits per heavy atom. The Balaban J connectivity index is 2.73. The van der Waals surface area contributed by atoms with E-state index in [1.165, 1.54) is 12.1 Å². The van der Waals surface area contributed by atoms with E-state index in [1.54, 1.807) is 0 Å². The van der Waals surface area contributed by atoms with Gasteiger partial charge >= 0.3 is 0 Å². The summed E-state index contributed by atoms with van der Waals surface area (Å²) in [4.78, 5) is 0. The third-order valence-electron chi connectivity index (χ3n) is 2.48. The predicted octanol–water partition coefficient (Wildman–Crippen LogP) is 3.06. The third-order valence-corrected chi connectivity index (χ3v) is 2.48. The van der Waals surface area contributed by atoms with Crippen LogP contribution in [-0.4, -0.2) is 13.1 Å². The van der Waals surface area contributed by atoms with Gasteiger partial charge in [0, 0.05) is 12.1 Å². The molecule has 0 heterocycles. The van der Waals surface area contributed by atoms with E-state index in [2.05, 4.69) is 11.9 Å². The monoisotopic (exact) mass is 225 g/mol. The van der Waals surface area contributed by atoms with E-state index in [4.69, 9.17) is 0 Å². The SMILES string of the molecule is C=C(C)CC(Cc1ccc(F)cc1F)NC. The van der Waals surface area contributed by atoms with Crippen molar-refractivity contribution >= 4 is 0 Å². The maximum Gasteiger partial charge on any atom is 0.129 e. The molecule has 0 saturated heterocycles. The number of hydrogen-bond donors (Lipinski definition) is 1. The summed E-state index contributed by atoms with van der Waals surface area (Å²) in [6, 6.07) is 3.83. The first-order valence-electron chi connectivity index (χ1n) is 5.28.